The van der Waals surface area contributed by atoms with Crippen LogP contribution in [0.2, 0.25) is 0 Å². The van der Waals surface area contributed by atoms with Crippen LogP contribution in [0, 0.1) is 20.8 Å². The molecule has 3 aromatic heterocycles. The van der Waals surface area contributed by atoms with Crippen molar-refractivity contribution in [2.75, 3.05) is 16.0 Å². The summed E-state index contributed by atoms with van der Waals surface area (Å²) in [6.45, 7) is 7.70. The highest BCUT2D eigenvalue weighted by molar-refractivity contribution is 6.07. The number of amides is 4. The average molecular weight is 768 g/mol. The maximum Gasteiger partial charge on any atom is 0.323 e. The van der Waals surface area contributed by atoms with Crippen LogP contribution in [-0.4, -0.2) is 49.7 Å². The van der Waals surface area contributed by atoms with Crippen molar-refractivity contribution in [3.63, 3.8) is 0 Å². The Morgan fingerprint density at radius 3 is 1.62 bits per heavy atom. The summed E-state index contributed by atoms with van der Waals surface area (Å²) in [4.78, 5) is 40.1. The normalized spacial score (nSPS) is 14.6. The molecule has 0 bridgehead atoms. The molecule has 12 heteroatoms. The van der Waals surface area contributed by atoms with Crippen LogP contribution in [0.25, 0.3) is 39.1 Å². The van der Waals surface area contributed by atoms with Gasteiger partial charge >= 0.3 is 12.1 Å². The summed E-state index contributed by atoms with van der Waals surface area (Å²) < 4.78 is 1.79. The van der Waals surface area contributed by atoms with Crippen LogP contribution < -0.4 is 21.3 Å². The number of anilines is 3. The number of hydrogen-bond donors (Lipinski definition) is 4. The maximum atomic E-state index is 13.1. The lowest BCUT2D eigenvalue weighted by Gasteiger charge is -2.18. The van der Waals surface area contributed by atoms with Crippen LogP contribution in [-0.2, 0) is 4.84 Å². The van der Waals surface area contributed by atoms with E-state index in [9.17, 15) is 9.59 Å². The van der Waals surface area contributed by atoms with Crippen LogP contribution in [0.1, 0.15) is 29.6 Å². The van der Waals surface area contributed by atoms with E-state index in [1.807, 2.05) is 149 Å². The van der Waals surface area contributed by atoms with Crippen molar-refractivity contribution in [3.8, 4) is 39.1 Å². The number of rotatable bonds is 9. The average Bonchev–Trinajstić information content (AvgIpc) is 3.78. The zero-order valence-electron chi connectivity index (χ0n) is 32.4. The Hall–Kier alpha value is -7.60. The van der Waals surface area contributed by atoms with Gasteiger partial charge in [-0.2, -0.15) is 5.10 Å². The highest BCUT2D eigenvalue weighted by Gasteiger charge is 2.33. The van der Waals surface area contributed by atoms with Crippen molar-refractivity contribution in [1.82, 2.24) is 25.1 Å². The Morgan fingerprint density at radius 1 is 0.586 bits per heavy atom. The molecule has 0 spiro atoms. The first-order valence-corrected chi connectivity index (χ1v) is 18.9. The largest absolute Gasteiger partial charge is 0.390 e. The van der Waals surface area contributed by atoms with E-state index in [-0.39, 0.29) is 18.2 Å². The Kier molecular flexibility index (Phi) is 10.5. The van der Waals surface area contributed by atoms with Gasteiger partial charge in [-0.05, 0) is 122 Å². The predicted molar refractivity (Wildman–Crippen MR) is 228 cm³/mol. The van der Waals surface area contributed by atoms with Gasteiger partial charge in [0.05, 0.1) is 23.3 Å². The third-order valence-corrected chi connectivity index (χ3v) is 10.00. The fraction of sp³-hybridized carbons (Fsp3) is 0.130. The molecule has 2 atom stereocenters. The van der Waals surface area contributed by atoms with Crippen LogP contribution in [0.5, 0.6) is 0 Å². The highest BCUT2D eigenvalue weighted by Crippen LogP contribution is 2.27. The minimum atomic E-state index is -0.444. The molecule has 4 amide bonds. The lowest BCUT2D eigenvalue weighted by atomic mass is 9.97. The van der Waals surface area contributed by atoms with Gasteiger partial charge in [-0.15, -0.1) is 0 Å². The third-order valence-electron chi connectivity index (χ3n) is 10.00. The van der Waals surface area contributed by atoms with Crippen molar-refractivity contribution in [2.45, 2.75) is 39.8 Å². The van der Waals surface area contributed by atoms with E-state index in [0.29, 0.717) is 22.8 Å². The molecular formula is C46H41N9O3. The third kappa shape index (κ3) is 8.31. The molecule has 4 heterocycles. The standard InChI is InChI=1S/C46H41N9O3/c1-28-25-37(21-23-47-28)34-9-15-39(16-10-34)50-45(56)52-42-27-49-55(30(42)3)41-19-13-33(14-20-41)32-5-7-36(8-6-32)44-43(31(4)58-54-44)53-46(57)51-40-17-11-35(12-18-40)38-22-24-48-29(2)26-38/h5-27,31,43H,1-4H3,(H2,50,52,56)(H2,51,53,57). The molecule has 4 aromatic carbocycles. The molecule has 1 aliphatic heterocycles. The van der Waals surface area contributed by atoms with E-state index < -0.39 is 6.04 Å². The smallest absolute Gasteiger partial charge is 0.323 e. The van der Waals surface area contributed by atoms with Gasteiger partial charge in [-0.1, -0.05) is 65.8 Å². The van der Waals surface area contributed by atoms with E-state index in [1.165, 1.54) is 0 Å². The quantitative estimate of drug-likeness (QED) is 0.115. The summed E-state index contributed by atoms with van der Waals surface area (Å²) in [5.41, 5.74) is 13.2. The second-order valence-electron chi connectivity index (χ2n) is 14.1. The second kappa shape index (κ2) is 16.2. The molecule has 288 valence electrons. The van der Waals surface area contributed by atoms with Crippen molar-refractivity contribution < 1.29 is 14.4 Å². The molecule has 7 aromatic rings. The number of benzene rings is 4. The SMILES string of the molecule is Cc1cc(-c2ccc(NC(=O)Nc3cnn(-c4ccc(-c5ccc(C6=NOC(C)C6NC(=O)Nc6ccc(-c7ccnc(C)c7)cc6)cc5)cc4)c3C)cc2)ccn1. The van der Waals surface area contributed by atoms with Crippen LogP contribution in [0.3, 0.4) is 0 Å². The van der Waals surface area contributed by atoms with Gasteiger partial charge < -0.3 is 26.1 Å². The fourth-order valence-corrected chi connectivity index (χ4v) is 6.85. The lowest BCUT2D eigenvalue weighted by Crippen LogP contribution is -2.47. The van der Waals surface area contributed by atoms with E-state index in [1.54, 1.807) is 23.3 Å². The van der Waals surface area contributed by atoms with Gasteiger partial charge in [0.1, 0.15) is 11.8 Å². The number of carbonyl (C=O) groups is 2. The summed E-state index contributed by atoms with van der Waals surface area (Å²) in [5.74, 6) is 0. The summed E-state index contributed by atoms with van der Waals surface area (Å²) in [7, 11) is 0. The molecule has 2 unspecified atom stereocenters. The molecule has 8 rings (SSSR count). The number of carbonyl (C=O) groups excluding carboxylic acids is 2. The van der Waals surface area contributed by atoms with Gasteiger partial charge in [0.2, 0.25) is 0 Å². The molecule has 0 saturated heterocycles. The van der Waals surface area contributed by atoms with Gasteiger partial charge in [0.15, 0.2) is 6.10 Å². The van der Waals surface area contributed by atoms with E-state index in [0.717, 1.165) is 61.7 Å². The summed E-state index contributed by atoms with van der Waals surface area (Å²) in [6, 6.07) is 38.2. The minimum Gasteiger partial charge on any atom is -0.390 e. The van der Waals surface area contributed by atoms with Gasteiger partial charge in [0.25, 0.3) is 0 Å². The van der Waals surface area contributed by atoms with Crippen molar-refractivity contribution >= 4 is 34.8 Å². The first kappa shape index (κ1) is 37.3. The number of nitrogens with zero attached hydrogens (tertiary/aromatic N) is 5. The number of nitrogens with one attached hydrogen (secondary N) is 4. The fourth-order valence-electron chi connectivity index (χ4n) is 6.85. The first-order chi connectivity index (χ1) is 28.2. The number of urea groups is 2. The van der Waals surface area contributed by atoms with Gasteiger partial charge in [-0.25, -0.2) is 14.3 Å². The minimum absolute atomic E-state index is 0.346. The van der Waals surface area contributed by atoms with Gasteiger partial charge in [0, 0.05) is 40.7 Å². The van der Waals surface area contributed by atoms with E-state index in [2.05, 4.69) is 41.5 Å². The van der Waals surface area contributed by atoms with E-state index >= 15 is 0 Å². The molecule has 58 heavy (non-hydrogen) atoms. The lowest BCUT2D eigenvalue weighted by molar-refractivity contribution is 0.0866. The molecule has 4 N–H and O–H groups in total. The topological polar surface area (TPSA) is 147 Å². The molecule has 0 radical (unpaired) electrons. The molecule has 0 aliphatic carbocycles. The molecule has 1 aliphatic rings. The monoisotopic (exact) mass is 767 g/mol. The first-order valence-electron chi connectivity index (χ1n) is 18.9. The number of oxime groups is 1. The highest BCUT2D eigenvalue weighted by atomic mass is 16.6. The molecule has 12 nitrogen and oxygen atoms in total. The number of aryl methyl sites for hydroxylation is 2. The number of hydrogen-bond acceptors (Lipinski definition) is 7. The number of aromatic nitrogens is 4. The van der Waals surface area contributed by atoms with Crippen LogP contribution in [0.15, 0.2) is 145 Å². The second-order valence-corrected chi connectivity index (χ2v) is 14.1. The summed E-state index contributed by atoms with van der Waals surface area (Å²) >= 11 is 0. The van der Waals surface area contributed by atoms with Crippen LogP contribution in [0.4, 0.5) is 26.7 Å². The summed E-state index contributed by atoms with van der Waals surface area (Å²) in [5, 5.41) is 20.6. The van der Waals surface area contributed by atoms with Gasteiger partial charge in [-0.3, -0.25) is 9.97 Å². The van der Waals surface area contributed by atoms with Crippen molar-refractivity contribution in [3.05, 3.63) is 163 Å². The molecule has 0 saturated carbocycles. The molecular weight excluding hydrogens is 727 g/mol. The van der Waals surface area contributed by atoms with Crippen molar-refractivity contribution in [2.24, 2.45) is 5.16 Å². The summed E-state index contributed by atoms with van der Waals surface area (Å²) in [6.07, 6.45) is 4.87. The zero-order chi connectivity index (χ0) is 40.2. The van der Waals surface area contributed by atoms with Crippen LogP contribution >= 0.6 is 0 Å². The van der Waals surface area contributed by atoms with E-state index in [4.69, 9.17) is 4.84 Å². The Morgan fingerprint density at radius 2 is 1.07 bits per heavy atom. The molecule has 0 fully saturated rings. The van der Waals surface area contributed by atoms with Crippen molar-refractivity contribution in [1.29, 1.82) is 0 Å². The predicted octanol–water partition coefficient (Wildman–Crippen LogP) is 9.55. The zero-order valence-corrected chi connectivity index (χ0v) is 32.4. The maximum absolute atomic E-state index is 13.1. The number of pyridine rings is 2. The Bertz CT molecular complexity index is 2620. The Labute approximate surface area is 336 Å². The Balaban J connectivity index is 0.865.